The lowest BCUT2D eigenvalue weighted by Gasteiger charge is -2.14. The second-order valence-electron chi connectivity index (χ2n) is 4.18. The van der Waals surface area contributed by atoms with E-state index >= 15 is 0 Å². The molecule has 0 amide bonds. The summed E-state index contributed by atoms with van der Waals surface area (Å²) >= 11 is 0. The van der Waals surface area contributed by atoms with E-state index in [1.165, 1.54) is 11.1 Å². The molecule has 1 aromatic carbocycles. The first-order valence-electron chi connectivity index (χ1n) is 6.08. The normalized spacial score (nSPS) is 10.8. The van der Waals surface area contributed by atoms with Gasteiger partial charge in [-0.2, -0.15) is 0 Å². The number of likely N-dealkylation sites (N-methyl/N-ethyl adjacent to an activating group) is 1. The topological polar surface area (TPSA) is 12.5 Å². The molecular weight excluding hydrogens is 198 g/mol. The standard InChI is InChI=1S/C14H23NO/c1-5-15(4)10-9-13-7-8-14(16-6-2)12(3)11-13/h7-8,11H,5-6,9-10H2,1-4H3. The largest absolute Gasteiger partial charge is 0.494 e. The van der Waals surface area contributed by atoms with Crippen molar-refractivity contribution >= 4 is 0 Å². The van der Waals surface area contributed by atoms with Crippen LogP contribution in [0.1, 0.15) is 25.0 Å². The maximum absolute atomic E-state index is 5.53. The van der Waals surface area contributed by atoms with E-state index in [4.69, 9.17) is 4.74 Å². The first-order valence-corrected chi connectivity index (χ1v) is 6.08. The van der Waals surface area contributed by atoms with Gasteiger partial charge in [0.05, 0.1) is 6.61 Å². The van der Waals surface area contributed by atoms with E-state index in [2.05, 4.69) is 44.0 Å². The van der Waals surface area contributed by atoms with Gasteiger partial charge in [-0.15, -0.1) is 0 Å². The Balaban J connectivity index is 2.59. The van der Waals surface area contributed by atoms with Crippen LogP contribution in [0.25, 0.3) is 0 Å². The molecule has 0 unspecified atom stereocenters. The number of hydrogen-bond donors (Lipinski definition) is 0. The number of rotatable bonds is 6. The van der Waals surface area contributed by atoms with Crippen LogP contribution < -0.4 is 4.74 Å². The predicted molar refractivity (Wildman–Crippen MR) is 69.2 cm³/mol. The molecule has 0 radical (unpaired) electrons. The summed E-state index contributed by atoms with van der Waals surface area (Å²) in [5.74, 6) is 1.01. The molecule has 16 heavy (non-hydrogen) atoms. The molecule has 0 aromatic heterocycles. The molecule has 0 atom stereocenters. The van der Waals surface area contributed by atoms with Crippen LogP contribution in [0.4, 0.5) is 0 Å². The predicted octanol–water partition coefficient (Wildman–Crippen LogP) is 2.89. The van der Waals surface area contributed by atoms with Gasteiger partial charge in [0.1, 0.15) is 5.75 Å². The molecule has 90 valence electrons. The molecule has 0 N–H and O–H groups in total. The van der Waals surface area contributed by atoms with Gasteiger partial charge >= 0.3 is 0 Å². The molecule has 0 aliphatic carbocycles. The van der Waals surface area contributed by atoms with Crippen LogP contribution in [0.2, 0.25) is 0 Å². The van der Waals surface area contributed by atoms with Gasteiger partial charge in [0.25, 0.3) is 0 Å². The van der Waals surface area contributed by atoms with Crippen molar-refractivity contribution in [2.75, 3.05) is 26.7 Å². The van der Waals surface area contributed by atoms with Crippen LogP contribution in [-0.4, -0.2) is 31.6 Å². The Morgan fingerprint density at radius 2 is 2.00 bits per heavy atom. The molecule has 0 aliphatic heterocycles. The summed E-state index contributed by atoms with van der Waals surface area (Å²) in [6.07, 6.45) is 1.11. The lowest BCUT2D eigenvalue weighted by atomic mass is 10.1. The zero-order valence-electron chi connectivity index (χ0n) is 10.9. The van der Waals surface area contributed by atoms with E-state index < -0.39 is 0 Å². The summed E-state index contributed by atoms with van der Waals surface area (Å²) < 4.78 is 5.53. The maximum Gasteiger partial charge on any atom is 0.122 e. The Morgan fingerprint density at radius 3 is 2.56 bits per heavy atom. The van der Waals surface area contributed by atoms with Gasteiger partial charge in [0.15, 0.2) is 0 Å². The lowest BCUT2D eigenvalue weighted by Crippen LogP contribution is -2.20. The minimum absolute atomic E-state index is 0.735. The Morgan fingerprint density at radius 1 is 1.25 bits per heavy atom. The maximum atomic E-state index is 5.53. The molecule has 0 heterocycles. The smallest absolute Gasteiger partial charge is 0.122 e. The highest BCUT2D eigenvalue weighted by molar-refractivity contribution is 5.36. The Hall–Kier alpha value is -1.02. The Kier molecular flexibility index (Phi) is 5.33. The minimum atomic E-state index is 0.735. The van der Waals surface area contributed by atoms with E-state index in [-0.39, 0.29) is 0 Å². The first-order chi connectivity index (χ1) is 7.67. The van der Waals surface area contributed by atoms with Crippen molar-refractivity contribution in [3.05, 3.63) is 29.3 Å². The van der Waals surface area contributed by atoms with Gasteiger partial charge < -0.3 is 9.64 Å². The lowest BCUT2D eigenvalue weighted by molar-refractivity contribution is 0.337. The summed E-state index contributed by atoms with van der Waals surface area (Å²) in [6, 6.07) is 6.48. The molecule has 0 saturated heterocycles. The van der Waals surface area contributed by atoms with Crippen molar-refractivity contribution in [1.82, 2.24) is 4.90 Å². The van der Waals surface area contributed by atoms with E-state index in [0.717, 1.165) is 31.9 Å². The van der Waals surface area contributed by atoms with Crippen molar-refractivity contribution in [3.63, 3.8) is 0 Å². The Labute approximate surface area is 99.2 Å². The number of nitrogens with zero attached hydrogens (tertiary/aromatic N) is 1. The molecule has 0 saturated carbocycles. The second kappa shape index (κ2) is 6.54. The quantitative estimate of drug-likeness (QED) is 0.732. The summed E-state index contributed by atoms with van der Waals surface area (Å²) in [5.41, 5.74) is 2.62. The van der Waals surface area contributed by atoms with Gasteiger partial charge in [0, 0.05) is 6.54 Å². The van der Waals surface area contributed by atoms with Crippen LogP contribution in [0.3, 0.4) is 0 Å². The third-order valence-electron chi connectivity index (χ3n) is 2.86. The summed E-state index contributed by atoms with van der Waals surface area (Å²) in [5, 5.41) is 0. The van der Waals surface area contributed by atoms with Crippen molar-refractivity contribution in [3.8, 4) is 5.75 Å². The highest BCUT2D eigenvalue weighted by atomic mass is 16.5. The van der Waals surface area contributed by atoms with Crippen molar-refractivity contribution in [2.24, 2.45) is 0 Å². The van der Waals surface area contributed by atoms with E-state index in [1.807, 2.05) is 6.92 Å². The van der Waals surface area contributed by atoms with Crippen molar-refractivity contribution in [2.45, 2.75) is 27.2 Å². The fraction of sp³-hybridized carbons (Fsp3) is 0.571. The SMILES string of the molecule is CCOc1ccc(CCN(C)CC)cc1C. The van der Waals surface area contributed by atoms with E-state index in [0.29, 0.717) is 0 Å². The number of ether oxygens (including phenoxy) is 1. The summed E-state index contributed by atoms with van der Waals surface area (Å²) in [4.78, 5) is 2.33. The number of aryl methyl sites for hydroxylation is 1. The second-order valence-corrected chi connectivity index (χ2v) is 4.18. The van der Waals surface area contributed by atoms with E-state index in [1.54, 1.807) is 0 Å². The summed E-state index contributed by atoms with van der Waals surface area (Å²) in [7, 11) is 2.15. The minimum Gasteiger partial charge on any atom is -0.494 e. The highest BCUT2D eigenvalue weighted by Crippen LogP contribution is 2.19. The van der Waals surface area contributed by atoms with Gasteiger partial charge in [-0.1, -0.05) is 19.1 Å². The highest BCUT2D eigenvalue weighted by Gasteiger charge is 2.01. The monoisotopic (exact) mass is 221 g/mol. The molecule has 0 fully saturated rings. The van der Waals surface area contributed by atoms with Gasteiger partial charge in [-0.3, -0.25) is 0 Å². The molecular formula is C14H23NO. The zero-order valence-corrected chi connectivity index (χ0v) is 10.9. The van der Waals surface area contributed by atoms with Crippen LogP contribution in [0.15, 0.2) is 18.2 Å². The third-order valence-corrected chi connectivity index (χ3v) is 2.86. The average molecular weight is 221 g/mol. The molecule has 2 nitrogen and oxygen atoms in total. The average Bonchev–Trinajstić information content (AvgIpc) is 2.29. The fourth-order valence-electron chi connectivity index (χ4n) is 1.66. The third kappa shape index (κ3) is 3.86. The van der Waals surface area contributed by atoms with Gasteiger partial charge in [-0.25, -0.2) is 0 Å². The Bertz CT molecular complexity index is 323. The summed E-state index contributed by atoms with van der Waals surface area (Å²) in [6.45, 7) is 9.27. The first kappa shape index (κ1) is 13.0. The molecule has 2 heteroatoms. The van der Waals surface area contributed by atoms with Crippen LogP contribution in [-0.2, 0) is 6.42 Å². The van der Waals surface area contributed by atoms with Gasteiger partial charge in [0.2, 0.25) is 0 Å². The zero-order chi connectivity index (χ0) is 12.0. The molecule has 1 aromatic rings. The molecule has 0 bridgehead atoms. The van der Waals surface area contributed by atoms with Crippen LogP contribution >= 0.6 is 0 Å². The molecule has 0 spiro atoms. The van der Waals surface area contributed by atoms with E-state index in [9.17, 15) is 0 Å². The number of hydrogen-bond acceptors (Lipinski definition) is 2. The molecule has 1 rings (SSSR count). The fourth-order valence-corrected chi connectivity index (χ4v) is 1.66. The van der Waals surface area contributed by atoms with Crippen molar-refractivity contribution < 1.29 is 4.74 Å². The van der Waals surface area contributed by atoms with Crippen molar-refractivity contribution in [1.29, 1.82) is 0 Å². The van der Waals surface area contributed by atoms with Crippen LogP contribution in [0, 0.1) is 6.92 Å². The number of benzene rings is 1. The van der Waals surface area contributed by atoms with Gasteiger partial charge in [-0.05, 0) is 51.1 Å². The van der Waals surface area contributed by atoms with Crippen LogP contribution in [0.5, 0.6) is 5.75 Å². The molecule has 0 aliphatic rings.